The molecule has 5 nitrogen and oxygen atoms in total. The number of hydrogen-bond donors (Lipinski definition) is 3. The van der Waals surface area contributed by atoms with Crippen LogP contribution in [0.15, 0.2) is 0 Å². The van der Waals surface area contributed by atoms with Gasteiger partial charge in [0.1, 0.15) is 0 Å². The van der Waals surface area contributed by atoms with E-state index in [1.54, 1.807) is 0 Å². The summed E-state index contributed by atoms with van der Waals surface area (Å²) in [6.45, 7) is 3.05. The highest BCUT2D eigenvalue weighted by molar-refractivity contribution is 5.77. The molecular weight excluding hydrogens is 170 g/mol. The molecular formula is C8H17N3O2. The summed E-state index contributed by atoms with van der Waals surface area (Å²) >= 11 is 0. The van der Waals surface area contributed by atoms with Crippen LogP contribution >= 0.6 is 0 Å². The van der Waals surface area contributed by atoms with Gasteiger partial charge in [0, 0.05) is 26.6 Å². The molecule has 3 N–H and O–H groups in total. The Morgan fingerprint density at radius 2 is 1.85 bits per heavy atom. The van der Waals surface area contributed by atoms with Gasteiger partial charge in [0.25, 0.3) is 0 Å². The molecule has 0 heterocycles. The molecule has 0 aliphatic carbocycles. The summed E-state index contributed by atoms with van der Waals surface area (Å²) in [6, 6.07) is -0.261. The van der Waals surface area contributed by atoms with Crippen LogP contribution in [-0.4, -0.2) is 32.1 Å². The fourth-order valence-corrected chi connectivity index (χ4v) is 0.731. The van der Waals surface area contributed by atoms with Crippen molar-refractivity contribution < 1.29 is 9.59 Å². The van der Waals surface area contributed by atoms with Crippen LogP contribution in [0.4, 0.5) is 4.79 Å². The van der Waals surface area contributed by atoms with E-state index in [-0.39, 0.29) is 11.9 Å². The second-order valence-corrected chi connectivity index (χ2v) is 2.61. The predicted molar refractivity (Wildman–Crippen MR) is 50.4 cm³/mol. The Kier molecular flexibility index (Phi) is 6.68. The first-order valence-electron chi connectivity index (χ1n) is 4.43. The molecule has 0 rings (SSSR count). The highest BCUT2D eigenvalue weighted by Crippen LogP contribution is 1.78. The van der Waals surface area contributed by atoms with Crippen LogP contribution < -0.4 is 16.0 Å². The number of carbonyl (C=O) groups excluding carboxylic acids is 2. The average Bonchev–Trinajstić information content (AvgIpc) is 2.14. The number of rotatable bonds is 5. The van der Waals surface area contributed by atoms with Gasteiger partial charge in [-0.1, -0.05) is 6.92 Å². The smallest absolute Gasteiger partial charge is 0.314 e. The Morgan fingerprint density at radius 1 is 1.15 bits per heavy atom. The molecule has 5 heteroatoms. The monoisotopic (exact) mass is 187 g/mol. The molecule has 3 amide bonds. The molecule has 0 aromatic heterocycles. The maximum Gasteiger partial charge on any atom is 0.314 e. The van der Waals surface area contributed by atoms with Gasteiger partial charge in [0.2, 0.25) is 5.91 Å². The van der Waals surface area contributed by atoms with Gasteiger partial charge in [-0.05, 0) is 6.42 Å². The fraction of sp³-hybridized carbons (Fsp3) is 0.750. The van der Waals surface area contributed by atoms with E-state index in [0.717, 1.165) is 6.42 Å². The zero-order valence-electron chi connectivity index (χ0n) is 8.14. The Bertz CT molecular complexity index is 171. The number of nitrogens with one attached hydrogen (secondary N) is 3. The van der Waals surface area contributed by atoms with Crippen LogP contribution in [0.3, 0.4) is 0 Å². The highest BCUT2D eigenvalue weighted by atomic mass is 16.2. The predicted octanol–water partition coefficient (Wildman–Crippen LogP) is -0.168. The summed E-state index contributed by atoms with van der Waals surface area (Å²) in [6.07, 6.45) is 1.25. The highest BCUT2D eigenvalue weighted by Gasteiger charge is 2.00. The third-order valence-electron chi connectivity index (χ3n) is 1.44. The van der Waals surface area contributed by atoms with E-state index in [1.165, 1.54) is 7.05 Å². The van der Waals surface area contributed by atoms with Gasteiger partial charge >= 0.3 is 6.03 Å². The third kappa shape index (κ3) is 7.11. The first-order chi connectivity index (χ1) is 6.20. The van der Waals surface area contributed by atoms with Gasteiger partial charge in [-0.25, -0.2) is 4.79 Å². The van der Waals surface area contributed by atoms with Crippen molar-refractivity contribution in [3.05, 3.63) is 0 Å². The Balaban J connectivity index is 3.31. The minimum Gasteiger partial charge on any atom is -0.356 e. The van der Waals surface area contributed by atoms with Crippen LogP contribution in [0, 0.1) is 0 Å². The summed E-state index contributed by atoms with van der Waals surface area (Å²) < 4.78 is 0. The number of hydrogen-bond acceptors (Lipinski definition) is 2. The summed E-state index contributed by atoms with van der Waals surface area (Å²) in [5, 5.41) is 7.64. The topological polar surface area (TPSA) is 70.2 Å². The summed E-state index contributed by atoms with van der Waals surface area (Å²) in [5.41, 5.74) is 0. The summed E-state index contributed by atoms with van der Waals surface area (Å²) in [5.74, 6) is -0.0294. The first kappa shape index (κ1) is 11.7. The molecule has 0 unspecified atom stereocenters. The van der Waals surface area contributed by atoms with Gasteiger partial charge in [-0.2, -0.15) is 0 Å². The molecule has 0 bridgehead atoms. The third-order valence-corrected chi connectivity index (χ3v) is 1.44. The van der Waals surface area contributed by atoms with Gasteiger partial charge in [0.15, 0.2) is 0 Å². The Labute approximate surface area is 78.3 Å². The van der Waals surface area contributed by atoms with Crippen molar-refractivity contribution >= 4 is 11.9 Å². The van der Waals surface area contributed by atoms with Gasteiger partial charge in [-0.3, -0.25) is 4.79 Å². The van der Waals surface area contributed by atoms with E-state index < -0.39 is 0 Å². The lowest BCUT2D eigenvalue weighted by molar-refractivity contribution is -0.120. The lowest BCUT2D eigenvalue weighted by Crippen LogP contribution is -2.35. The van der Waals surface area contributed by atoms with Crippen molar-refractivity contribution in [1.29, 1.82) is 0 Å². The van der Waals surface area contributed by atoms with Crippen molar-refractivity contribution in [3.63, 3.8) is 0 Å². The van der Waals surface area contributed by atoms with Crippen molar-refractivity contribution in [2.45, 2.75) is 19.8 Å². The molecule has 0 saturated carbocycles. The fourth-order valence-electron chi connectivity index (χ4n) is 0.731. The maximum absolute atomic E-state index is 11.0. The van der Waals surface area contributed by atoms with Crippen LogP contribution in [0.1, 0.15) is 19.8 Å². The average molecular weight is 187 g/mol. The van der Waals surface area contributed by atoms with E-state index in [4.69, 9.17) is 0 Å². The Hall–Kier alpha value is -1.26. The molecule has 0 aromatic rings. The summed E-state index contributed by atoms with van der Waals surface area (Å²) in [7, 11) is 1.53. The standard InChI is InChI=1S/C8H17N3O2/c1-3-5-10-7(12)4-6-11-8(13)9-2/h3-6H2,1-2H3,(H,10,12)(H2,9,11,13). The molecule has 76 valence electrons. The molecule has 0 aromatic carbocycles. The van der Waals surface area contributed by atoms with E-state index in [9.17, 15) is 9.59 Å². The van der Waals surface area contributed by atoms with Gasteiger partial charge < -0.3 is 16.0 Å². The Morgan fingerprint density at radius 3 is 2.38 bits per heavy atom. The molecule has 0 saturated heterocycles. The quantitative estimate of drug-likeness (QED) is 0.559. The molecule has 0 atom stereocenters. The van der Waals surface area contributed by atoms with Crippen LogP contribution in [0.5, 0.6) is 0 Å². The molecule has 0 spiro atoms. The van der Waals surface area contributed by atoms with Crippen LogP contribution in [0.2, 0.25) is 0 Å². The minimum atomic E-state index is -0.261. The molecule has 0 radical (unpaired) electrons. The SMILES string of the molecule is CCCNC(=O)CCNC(=O)NC. The normalized spacial score (nSPS) is 9.08. The second kappa shape index (κ2) is 7.39. The minimum absolute atomic E-state index is 0.0294. The van der Waals surface area contributed by atoms with Gasteiger partial charge in [-0.15, -0.1) is 0 Å². The molecule has 0 aliphatic rings. The lowest BCUT2D eigenvalue weighted by Gasteiger charge is -2.04. The van der Waals surface area contributed by atoms with E-state index in [1.807, 2.05) is 6.92 Å². The lowest BCUT2D eigenvalue weighted by atomic mass is 10.4. The number of urea groups is 1. The van der Waals surface area contributed by atoms with E-state index in [2.05, 4.69) is 16.0 Å². The van der Waals surface area contributed by atoms with Crippen LogP contribution in [0.25, 0.3) is 0 Å². The van der Waals surface area contributed by atoms with Crippen LogP contribution in [-0.2, 0) is 4.79 Å². The van der Waals surface area contributed by atoms with E-state index >= 15 is 0 Å². The van der Waals surface area contributed by atoms with Crippen molar-refractivity contribution in [1.82, 2.24) is 16.0 Å². The number of amides is 3. The largest absolute Gasteiger partial charge is 0.356 e. The van der Waals surface area contributed by atoms with Crippen molar-refractivity contribution in [2.24, 2.45) is 0 Å². The van der Waals surface area contributed by atoms with Crippen molar-refractivity contribution in [3.8, 4) is 0 Å². The van der Waals surface area contributed by atoms with E-state index in [0.29, 0.717) is 19.5 Å². The van der Waals surface area contributed by atoms with Crippen molar-refractivity contribution in [2.75, 3.05) is 20.1 Å². The molecule has 13 heavy (non-hydrogen) atoms. The first-order valence-corrected chi connectivity index (χ1v) is 4.43. The zero-order valence-corrected chi connectivity index (χ0v) is 8.14. The summed E-state index contributed by atoms with van der Waals surface area (Å²) in [4.78, 5) is 21.6. The van der Waals surface area contributed by atoms with Gasteiger partial charge in [0.05, 0.1) is 0 Å². The zero-order chi connectivity index (χ0) is 10.1. The molecule has 0 aliphatic heterocycles. The number of carbonyl (C=O) groups is 2. The second-order valence-electron chi connectivity index (χ2n) is 2.61. The molecule has 0 fully saturated rings. The maximum atomic E-state index is 11.0.